The molecule has 0 spiro atoms. The molecule has 1 heterocycles. The largest absolute Gasteiger partial charge is 0.312 e. The first-order valence-electron chi connectivity index (χ1n) is 8.28. The van der Waals surface area contributed by atoms with E-state index in [2.05, 4.69) is 71.2 Å². The Hall–Kier alpha value is -0.380. The van der Waals surface area contributed by atoms with Gasteiger partial charge in [0.25, 0.3) is 0 Å². The molecule has 2 rings (SSSR count). The molecule has 0 aliphatic carbocycles. The van der Waals surface area contributed by atoms with Crippen molar-refractivity contribution in [2.75, 3.05) is 19.6 Å². The van der Waals surface area contributed by atoms with Crippen molar-refractivity contribution in [3.8, 4) is 0 Å². The van der Waals surface area contributed by atoms with Crippen LogP contribution in [-0.4, -0.2) is 36.6 Å². The third-order valence-corrected chi connectivity index (χ3v) is 5.04. The van der Waals surface area contributed by atoms with Crippen LogP contribution >= 0.6 is 15.9 Å². The van der Waals surface area contributed by atoms with Crippen molar-refractivity contribution in [3.05, 3.63) is 34.3 Å². The fourth-order valence-electron chi connectivity index (χ4n) is 3.23. The van der Waals surface area contributed by atoms with Crippen LogP contribution in [0.4, 0.5) is 0 Å². The Bertz CT molecular complexity index is 410. The molecule has 0 radical (unpaired) electrons. The fourth-order valence-corrected chi connectivity index (χ4v) is 3.49. The first-order valence-corrected chi connectivity index (χ1v) is 9.07. The smallest absolute Gasteiger partial charge is 0.0243 e. The van der Waals surface area contributed by atoms with Crippen molar-refractivity contribution in [2.24, 2.45) is 5.92 Å². The van der Waals surface area contributed by atoms with E-state index in [9.17, 15) is 0 Å². The van der Waals surface area contributed by atoms with Crippen LogP contribution in [0.3, 0.4) is 0 Å². The number of rotatable bonds is 7. The van der Waals surface area contributed by atoms with Crippen molar-refractivity contribution < 1.29 is 0 Å². The van der Waals surface area contributed by atoms with Crippen molar-refractivity contribution in [2.45, 2.75) is 52.1 Å². The van der Waals surface area contributed by atoms with Gasteiger partial charge < -0.3 is 5.32 Å². The van der Waals surface area contributed by atoms with Gasteiger partial charge in [-0.05, 0) is 62.9 Å². The first kappa shape index (κ1) is 17.0. The summed E-state index contributed by atoms with van der Waals surface area (Å²) in [6.07, 6.45) is 3.84. The predicted octanol–water partition coefficient (Wildman–Crippen LogP) is 4.09. The average molecular weight is 353 g/mol. The van der Waals surface area contributed by atoms with Crippen molar-refractivity contribution in [1.82, 2.24) is 10.2 Å². The van der Waals surface area contributed by atoms with Crippen LogP contribution in [0, 0.1) is 5.92 Å². The molecule has 1 saturated heterocycles. The monoisotopic (exact) mass is 352 g/mol. The molecule has 21 heavy (non-hydrogen) atoms. The van der Waals surface area contributed by atoms with Crippen molar-refractivity contribution in [3.63, 3.8) is 0 Å². The second-order valence-electron chi connectivity index (χ2n) is 6.69. The van der Waals surface area contributed by atoms with Gasteiger partial charge in [0.15, 0.2) is 0 Å². The van der Waals surface area contributed by atoms with Gasteiger partial charge in [-0.15, -0.1) is 0 Å². The number of halogens is 1. The van der Waals surface area contributed by atoms with E-state index in [4.69, 9.17) is 0 Å². The normalized spacial score (nSPS) is 19.1. The highest BCUT2D eigenvalue weighted by atomic mass is 79.9. The zero-order valence-corrected chi connectivity index (χ0v) is 15.2. The highest BCUT2D eigenvalue weighted by Gasteiger charge is 2.24. The second-order valence-corrected chi connectivity index (χ2v) is 7.61. The Kier molecular flexibility index (Phi) is 6.72. The molecule has 0 amide bonds. The molecular formula is C18H29BrN2. The maximum atomic E-state index is 3.75. The summed E-state index contributed by atoms with van der Waals surface area (Å²) in [5.74, 6) is 0.718. The predicted molar refractivity (Wildman–Crippen MR) is 94.7 cm³/mol. The number of nitrogens with zero attached hydrogens (tertiary/aromatic N) is 1. The number of hydrogen-bond donors (Lipinski definition) is 1. The molecule has 1 aliphatic rings. The lowest BCUT2D eigenvalue weighted by molar-refractivity contribution is 0.183. The molecule has 0 bridgehead atoms. The molecule has 1 N–H and O–H groups in total. The molecule has 118 valence electrons. The van der Waals surface area contributed by atoms with Crippen molar-refractivity contribution >= 4 is 15.9 Å². The van der Waals surface area contributed by atoms with Crippen LogP contribution in [0.5, 0.6) is 0 Å². The van der Waals surface area contributed by atoms with E-state index in [1.165, 1.54) is 31.5 Å². The number of hydrogen-bond acceptors (Lipinski definition) is 2. The second kappa shape index (κ2) is 8.30. The minimum absolute atomic E-state index is 0.523. The number of likely N-dealkylation sites (tertiary alicyclic amines) is 1. The Balaban J connectivity index is 1.80. The van der Waals surface area contributed by atoms with E-state index in [0.29, 0.717) is 12.1 Å². The summed E-state index contributed by atoms with van der Waals surface area (Å²) >= 11 is 3.49. The molecule has 2 atom stereocenters. The quantitative estimate of drug-likeness (QED) is 0.794. The van der Waals surface area contributed by atoms with Crippen LogP contribution in [-0.2, 0) is 6.42 Å². The van der Waals surface area contributed by atoms with Crippen LogP contribution in [0.1, 0.15) is 39.2 Å². The Morgan fingerprint density at radius 3 is 2.29 bits per heavy atom. The van der Waals surface area contributed by atoms with Crippen LogP contribution in [0.15, 0.2) is 28.7 Å². The molecule has 3 heteroatoms. The van der Waals surface area contributed by atoms with Gasteiger partial charge in [-0.2, -0.15) is 0 Å². The van der Waals surface area contributed by atoms with Crippen LogP contribution in [0.2, 0.25) is 0 Å². The molecule has 1 aromatic carbocycles. The van der Waals surface area contributed by atoms with E-state index in [0.717, 1.165) is 23.4 Å². The Labute approximate surface area is 138 Å². The molecule has 1 aromatic rings. The maximum Gasteiger partial charge on any atom is 0.0243 e. The van der Waals surface area contributed by atoms with E-state index < -0.39 is 0 Å². The third-order valence-electron chi connectivity index (χ3n) is 4.51. The minimum Gasteiger partial charge on any atom is -0.312 e. The van der Waals surface area contributed by atoms with E-state index >= 15 is 0 Å². The standard InChI is InChI=1S/C18H29BrN2/c1-14(2)18(21-10-4-5-11-21)13-20-15(3)12-16-6-8-17(19)9-7-16/h6-9,14-15,18,20H,4-5,10-13H2,1-3H3. The average Bonchev–Trinajstić information content (AvgIpc) is 2.95. The van der Waals surface area contributed by atoms with Crippen LogP contribution < -0.4 is 5.32 Å². The van der Waals surface area contributed by atoms with Gasteiger partial charge in [-0.25, -0.2) is 0 Å². The number of nitrogens with one attached hydrogen (secondary N) is 1. The molecule has 2 nitrogen and oxygen atoms in total. The van der Waals surface area contributed by atoms with Gasteiger partial charge in [0, 0.05) is 23.1 Å². The van der Waals surface area contributed by atoms with Gasteiger partial charge in [-0.1, -0.05) is 41.9 Å². The summed E-state index contributed by atoms with van der Waals surface area (Å²) in [5, 5.41) is 3.75. The zero-order valence-electron chi connectivity index (χ0n) is 13.6. The van der Waals surface area contributed by atoms with E-state index in [-0.39, 0.29) is 0 Å². The first-order chi connectivity index (χ1) is 10.1. The fraction of sp³-hybridized carbons (Fsp3) is 0.667. The lowest BCUT2D eigenvalue weighted by Gasteiger charge is -2.32. The molecule has 0 aromatic heterocycles. The summed E-state index contributed by atoms with van der Waals surface area (Å²) in [4.78, 5) is 2.67. The summed E-state index contributed by atoms with van der Waals surface area (Å²) in [5.41, 5.74) is 1.40. The topological polar surface area (TPSA) is 15.3 Å². The molecule has 1 fully saturated rings. The summed E-state index contributed by atoms with van der Waals surface area (Å²) in [6.45, 7) is 10.7. The zero-order chi connectivity index (χ0) is 15.2. The summed E-state index contributed by atoms with van der Waals surface area (Å²) in [6, 6.07) is 9.88. The molecular weight excluding hydrogens is 324 g/mol. The van der Waals surface area contributed by atoms with Gasteiger partial charge in [0.05, 0.1) is 0 Å². The lowest BCUT2D eigenvalue weighted by atomic mass is 10.0. The highest BCUT2D eigenvalue weighted by Crippen LogP contribution is 2.17. The summed E-state index contributed by atoms with van der Waals surface area (Å²) in [7, 11) is 0. The molecule has 1 aliphatic heterocycles. The lowest BCUT2D eigenvalue weighted by Crippen LogP contribution is -2.46. The van der Waals surface area contributed by atoms with Gasteiger partial charge >= 0.3 is 0 Å². The van der Waals surface area contributed by atoms with Crippen LogP contribution in [0.25, 0.3) is 0 Å². The maximum absolute atomic E-state index is 3.75. The summed E-state index contributed by atoms with van der Waals surface area (Å²) < 4.78 is 1.15. The van der Waals surface area contributed by atoms with E-state index in [1.54, 1.807) is 0 Å². The Morgan fingerprint density at radius 1 is 1.10 bits per heavy atom. The van der Waals surface area contributed by atoms with Gasteiger partial charge in [0.1, 0.15) is 0 Å². The van der Waals surface area contributed by atoms with Gasteiger partial charge in [-0.3, -0.25) is 4.90 Å². The van der Waals surface area contributed by atoms with Gasteiger partial charge in [0.2, 0.25) is 0 Å². The Morgan fingerprint density at radius 2 is 1.71 bits per heavy atom. The molecule has 0 saturated carbocycles. The highest BCUT2D eigenvalue weighted by molar-refractivity contribution is 9.10. The van der Waals surface area contributed by atoms with E-state index in [1.807, 2.05) is 0 Å². The third kappa shape index (κ3) is 5.39. The minimum atomic E-state index is 0.523. The molecule has 2 unspecified atom stereocenters. The SMILES string of the molecule is CC(Cc1ccc(Br)cc1)NCC(C(C)C)N1CCCC1. The number of benzene rings is 1. The van der Waals surface area contributed by atoms with Crippen molar-refractivity contribution in [1.29, 1.82) is 0 Å².